The molecule has 0 saturated heterocycles. The second-order valence-electron chi connectivity index (χ2n) is 4.53. The van der Waals surface area contributed by atoms with E-state index in [4.69, 9.17) is 9.47 Å². The van der Waals surface area contributed by atoms with Crippen LogP contribution in [0.15, 0.2) is 48.5 Å². The minimum Gasteiger partial charge on any atom is -0.455 e. The van der Waals surface area contributed by atoms with E-state index in [0.717, 1.165) is 11.5 Å². The minimum atomic E-state index is -0.298. The molecule has 0 saturated carbocycles. The van der Waals surface area contributed by atoms with Crippen molar-refractivity contribution in [2.45, 2.75) is 20.1 Å². The molecule has 0 aliphatic heterocycles. The topological polar surface area (TPSA) is 18.5 Å². The fourth-order valence-corrected chi connectivity index (χ4v) is 1.99. The molecular weight excluding hydrogens is 255 g/mol. The van der Waals surface area contributed by atoms with Gasteiger partial charge in [-0.3, -0.25) is 0 Å². The Kier molecular flexibility index (Phi) is 4.81. The van der Waals surface area contributed by atoms with Crippen LogP contribution in [0.4, 0.5) is 0 Å². The average molecular weight is 274 g/mol. The number of rotatable bonds is 5. The molecule has 0 aliphatic rings. The first-order valence-corrected chi connectivity index (χ1v) is 7.16. The largest absolute Gasteiger partial charge is 0.455 e. The molecular formula is C16H19O2P. The molecule has 0 N–H and O–H groups in total. The van der Waals surface area contributed by atoms with Gasteiger partial charge in [0.1, 0.15) is 11.5 Å². The molecule has 0 bridgehead atoms. The zero-order valence-corrected chi connectivity index (χ0v) is 12.5. The van der Waals surface area contributed by atoms with Crippen molar-refractivity contribution < 1.29 is 9.47 Å². The fourth-order valence-electron chi connectivity index (χ4n) is 1.80. The zero-order valence-electron chi connectivity index (χ0n) is 11.3. The van der Waals surface area contributed by atoms with E-state index < -0.39 is 0 Å². The van der Waals surface area contributed by atoms with E-state index in [1.54, 1.807) is 0 Å². The Morgan fingerprint density at radius 2 is 1.37 bits per heavy atom. The minimum absolute atomic E-state index is 0.298. The van der Waals surface area contributed by atoms with E-state index in [0.29, 0.717) is 6.16 Å². The molecule has 2 rings (SSSR count). The van der Waals surface area contributed by atoms with E-state index in [-0.39, 0.29) is 6.29 Å². The van der Waals surface area contributed by atoms with Crippen molar-refractivity contribution in [3.63, 3.8) is 0 Å². The molecule has 1 atom stereocenters. The second kappa shape index (κ2) is 6.58. The number of benzene rings is 2. The third-order valence-electron chi connectivity index (χ3n) is 2.71. The maximum absolute atomic E-state index is 5.85. The summed E-state index contributed by atoms with van der Waals surface area (Å²) in [6.45, 7) is 4.09. The summed E-state index contributed by atoms with van der Waals surface area (Å²) in [5, 5.41) is 0. The number of hydrogen-bond donors (Lipinski definition) is 0. The van der Waals surface area contributed by atoms with Crippen molar-refractivity contribution >= 4 is 9.24 Å². The lowest BCUT2D eigenvalue weighted by Gasteiger charge is -2.19. The molecule has 19 heavy (non-hydrogen) atoms. The van der Waals surface area contributed by atoms with E-state index in [9.17, 15) is 0 Å². The molecule has 0 heterocycles. The molecule has 1 unspecified atom stereocenters. The summed E-state index contributed by atoms with van der Waals surface area (Å²) in [7, 11) is 2.66. The van der Waals surface area contributed by atoms with Gasteiger partial charge in [-0.05, 0) is 49.2 Å². The predicted molar refractivity (Wildman–Crippen MR) is 82.0 cm³/mol. The SMILES string of the molecule is Cc1cccc(OC(CP)Oc2cccc(C)c2)c1. The number of ether oxygens (including phenoxy) is 2. The van der Waals surface area contributed by atoms with Gasteiger partial charge in [-0.1, -0.05) is 24.3 Å². The van der Waals surface area contributed by atoms with Crippen molar-refractivity contribution in [1.82, 2.24) is 0 Å². The van der Waals surface area contributed by atoms with Crippen LogP contribution in [-0.4, -0.2) is 12.5 Å². The Labute approximate surface area is 117 Å². The van der Waals surface area contributed by atoms with Crippen LogP contribution in [0.3, 0.4) is 0 Å². The summed E-state index contributed by atoms with van der Waals surface area (Å²) >= 11 is 0. The first kappa shape index (κ1) is 13.9. The summed E-state index contributed by atoms with van der Waals surface area (Å²) in [6, 6.07) is 16.0. The van der Waals surface area contributed by atoms with Crippen LogP contribution in [0.25, 0.3) is 0 Å². The molecule has 100 valence electrons. The van der Waals surface area contributed by atoms with Gasteiger partial charge < -0.3 is 9.47 Å². The maximum atomic E-state index is 5.85. The number of aryl methyl sites for hydroxylation is 2. The number of hydrogen-bond acceptors (Lipinski definition) is 2. The highest BCUT2D eigenvalue weighted by Gasteiger charge is 2.10. The van der Waals surface area contributed by atoms with Gasteiger partial charge in [0.2, 0.25) is 6.29 Å². The van der Waals surface area contributed by atoms with Gasteiger partial charge in [0.15, 0.2) is 0 Å². The van der Waals surface area contributed by atoms with Gasteiger partial charge in [0.25, 0.3) is 0 Å². The van der Waals surface area contributed by atoms with E-state index >= 15 is 0 Å². The third-order valence-corrected chi connectivity index (χ3v) is 3.09. The van der Waals surface area contributed by atoms with Crippen LogP contribution in [0.1, 0.15) is 11.1 Å². The van der Waals surface area contributed by atoms with Gasteiger partial charge in [0, 0.05) is 6.16 Å². The lowest BCUT2D eigenvalue weighted by atomic mass is 10.2. The molecule has 0 aromatic heterocycles. The van der Waals surface area contributed by atoms with E-state index in [1.165, 1.54) is 11.1 Å². The van der Waals surface area contributed by atoms with Crippen molar-refractivity contribution in [2.24, 2.45) is 0 Å². The van der Waals surface area contributed by atoms with Crippen LogP contribution >= 0.6 is 9.24 Å². The van der Waals surface area contributed by atoms with Crippen molar-refractivity contribution in [3.05, 3.63) is 59.7 Å². The highest BCUT2D eigenvalue weighted by atomic mass is 31.0. The molecule has 0 aliphatic carbocycles. The predicted octanol–water partition coefficient (Wildman–Crippen LogP) is 3.96. The van der Waals surface area contributed by atoms with Crippen LogP contribution in [-0.2, 0) is 0 Å². The molecule has 0 spiro atoms. The van der Waals surface area contributed by atoms with E-state index in [1.807, 2.05) is 62.4 Å². The maximum Gasteiger partial charge on any atom is 0.244 e. The van der Waals surface area contributed by atoms with Gasteiger partial charge >= 0.3 is 0 Å². The first-order valence-electron chi connectivity index (χ1n) is 6.34. The highest BCUT2D eigenvalue weighted by Crippen LogP contribution is 2.19. The zero-order chi connectivity index (χ0) is 13.7. The molecule has 2 aromatic carbocycles. The molecule has 0 amide bonds. The fraction of sp³-hybridized carbons (Fsp3) is 0.250. The Balaban J connectivity index is 2.04. The van der Waals surface area contributed by atoms with Gasteiger partial charge in [-0.25, -0.2) is 0 Å². The lowest BCUT2D eigenvalue weighted by Crippen LogP contribution is -2.25. The van der Waals surface area contributed by atoms with Crippen LogP contribution in [0.2, 0.25) is 0 Å². The van der Waals surface area contributed by atoms with Gasteiger partial charge in [-0.2, -0.15) is 0 Å². The van der Waals surface area contributed by atoms with Gasteiger partial charge in [-0.15, -0.1) is 9.24 Å². The summed E-state index contributed by atoms with van der Waals surface area (Å²) in [5.74, 6) is 1.67. The average Bonchev–Trinajstić information content (AvgIpc) is 2.38. The molecule has 0 radical (unpaired) electrons. The normalized spacial score (nSPS) is 10.5. The molecule has 0 fully saturated rings. The molecule has 2 aromatic rings. The quantitative estimate of drug-likeness (QED) is 0.607. The summed E-state index contributed by atoms with van der Waals surface area (Å²) in [4.78, 5) is 0. The smallest absolute Gasteiger partial charge is 0.244 e. The van der Waals surface area contributed by atoms with Crippen LogP contribution in [0.5, 0.6) is 11.5 Å². The van der Waals surface area contributed by atoms with Crippen molar-refractivity contribution in [2.75, 3.05) is 6.16 Å². The van der Waals surface area contributed by atoms with Gasteiger partial charge in [0.05, 0.1) is 0 Å². The van der Waals surface area contributed by atoms with Crippen molar-refractivity contribution in [3.8, 4) is 11.5 Å². The Morgan fingerprint density at radius 3 is 1.74 bits per heavy atom. The Hall–Kier alpha value is -1.53. The Bertz CT molecular complexity index is 492. The second-order valence-corrected chi connectivity index (χ2v) is 5.01. The van der Waals surface area contributed by atoms with Crippen molar-refractivity contribution in [1.29, 1.82) is 0 Å². The third kappa shape index (κ3) is 4.25. The highest BCUT2D eigenvalue weighted by molar-refractivity contribution is 7.16. The molecule has 2 nitrogen and oxygen atoms in total. The lowest BCUT2D eigenvalue weighted by molar-refractivity contribution is 0.0262. The molecule has 3 heteroatoms. The summed E-state index contributed by atoms with van der Waals surface area (Å²) in [6.07, 6.45) is 0.413. The first-order chi connectivity index (χ1) is 9.17. The van der Waals surface area contributed by atoms with Crippen LogP contribution < -0.4 is 9.47 Å². The standard InChI is InChI=1S/C16H19O2P/c1-12-5-3-7-14(9-12)17-16(11-19)18-15-8-4-6-13(2)10-15/h3-10,16H,11,19H2,1-2H3. The van der Waals surface area contributed by atoms with E-state index in [2.05, 4.69) is 9.24 Å². The summed E-state index contributed by atoms with van der Waals surface area (Å²) < 4.78 is 11.7. The Morgan fingerprint density at radius 1 is 0.895 bits per heavy atom. The summed E-state index contributed by atoms with van der Waals surface area (Å²) in [5.41, 5.74) is 2.35. The monoisotopic (exact) mass is 274 g/mol. The van der Waals surface area contributed by atoms with Crippen LogP contribution in [0, 0.1) is 13.8 Å².